The molecule has 0 radical (unpaired) electrons. The lowest BCUT2D eigenvalue weighted by Crippen LogP contribution is -2.32. The summed E-state index contributed by atoms with van der Waals surface area (Å²) in [6.45, 7) is 15.6. The van der Waals surface area contributed by atoms with Gasteiger partial charge in [0, 0.05) is 31.4 Å². The minimum atomic E-state index is 0.472. The van der Waals surface area contributed by atoms with Gasteiger partial charge in [-0.2, -0.15) is 5.26 Å². The van der Waals surface area contributed by atoms with Crippen molar-refractivity contribution in [3.8, 4) is 6.07 Å². The number of hydrogen-bond acceptors (Lipinski definition) is 4. The summed E-state index contributed by atoms with van der Waals surface area (Å²) in [5, 5.41) is 12.7. The topological polar surface area (TPSA) is 51.4 Å². The van der Waals surface area contributed by atoms with Gasteiger partial charge in [-0.1, -0.05) is 25.7 Å². The SMILES string of the molecule is C=CC=C(C(=CC)C(C)=CC(C#N)=NCC)N1CCC(NCC)C1. The van der Waals surface area contributed by atoms with Crippen molar-refractivity contribution in [1.29, 1.82) is 5.26 Å². The summed E-state index contributed by atoms with van der Waals surface area (Å²) in [6, 6.07) is 2.69. The highest BCUT2D eigenvalue weighted by Gasteiger charge is 2.24. The molecule has 4 nitrogen and oxygen atoms in total. The number of likely N-dealkylation sites (N-methyl/N-ethyl adjacent to an activating group) is 1. The highest BCUT2D eigenvalue weighted by atomic mass is 15.2. The van der Waals surface area contributed by atoms with E-state index in [0.29, 0.717) is 18.3 Å². The van der Waals surface area contributed by atoms with Crippen LogP contribution in [0.1, 0.15) is 34.1 Å². The van der Waals surface area contributed by atoms with Gasteiger partial charge in [-0.05, 0) is 57.0 Å². The smallest absolute Gasteiger partial charge is 0.135 e. The third-order valence-corrected chi connectivity index (χ3v) is 4.08. The molecule has 1 aliphatic heterocycles. The number of likely N-dealkylation sites (tertiary alicyclic amines) is 1. The Labute approximate surface area is 147 Å². The zero-order chi connectivity index (χ0) is 17.9. The molecular formula is C20H30N4. The van der Waals surface area contributed by atoms with Crippen molar-refractivity contribution in [3.05, 3.63) is 47.7 Å². The van der Waals surface area contributed by atoms with E-state index in [2.05, 4.69) is 46.9 Å². The highest BCUT2D eigenvalue weighted by molar-refractivity contribution is 6.07. The fourth-order valence-corrected chi connectivity index (χ4v) is 3.06. The molecule has 0 bridgehead atoms. The molecule has 1 heterocycles. The Hall–Kier alpha value is -2.12. The number of rotatable bonds is 8. The van der Waals surface area contributed by atoms with Gasteiger partial charge in [0.15, 0.2) is 0 Å². The average molecular weight is 326 g/mol. The lowest BCUT2D eigenvalue weighted by Gasteiger charge is -2.25. The molecule has 0 aromatic heterocycles. The van der Waals surface area contributed by atoms with Crippen LogP contribution in [0, 0.1) is 11.3 Å². The molecule has 1 rings (SSSR count). The molecule has 130 valence electrons. The second-order valence-electron chi connectivity index (χ2n) is 5.78. The molecule has 1 fully saturated rings. The van der Waals surface area contributed by atoms with Gasteiger partial charge >= 0.3 is 0 Å². The van der Waals surface area contributed by atoms with E-state index in [4.69, 9.17) is 0 Å². The third-order valence-electron chi connectivity index (χ3n) is 4.08. The third kappa shape index (κ3) is 5.50. The fraction of sp³-hybridized carbons (Fsp3) is 0.500. The maximum atomic E-state index is 9.21. The molecule has 1 unspecified atom stereocenters. The number of allylic oxidation sites excluding steroid dienone is 5. The summed E-state index contributed by atoms with van der Waals surface area (Å²) in [7, 11) is 0. The zero-order valence-corrected chi connectivity index (χ0v) is 15.5. The number of hydrogen-bond donors (Lipinski definition) is 1. The van der Waals surface area contributed by atoms with Crippen molar-refractivity contribution < 1.29 is 0 Å². The first kappa shape index (κ1) is 19.9. The number of nitriles is 1. The van der Waals surface area contributed by atoms with Crippen molar-refractivity contribution in [1.82, 2.24) is 10.2 Å². The second-order valence-corrected chi connectivity index (χ2v) is 5.78. The summed E-state index contributed by atoms with van der Waals surface area (Å²) < 4.78 is 0. The maximum Gasteiger partial charge on any atom is 0.135 e. The Morgan fingerprint density at radius 3 is 2.75 bits per heavy atom. The normalized spacial score (nSPS) is 20.3. The summed E-state index contributed by atoms with van der Waals surface area (Å²) in [6.07, 6.45) is 9.00. The second kappa shape index (κ2) is 10.6. The van der Waals surface area contributed by atoms with Crippen molar-refractivity contribution in [3.63, 3.8) is 0 Å². The van der Waals surface area contributed by atoms with Crippen LogP contribution >= 0.6 is 0 Å². The fourth-order valence-electron chi connectivity index (χ4n) is 3.06. The predicted molar refractivity (Wildman–Crippen MR) is 103 cm³/mol. The largest absolute Gasteiger partial charge is 0.369 e. The van der Waals surface area contributed by atoms with Gasteiger partial charge in [-0.15, -0.1) is 0 Å². The summed E-state index contributed by atoms with van der Waals surface area (Å²) in [4.78, 5) is 6.62. The van der Waals surface area contributed by atoms with Crippen molar-refractivity contribution >= 4 is 5.71 Å². The van der Waals surface area contributed by atoms with Gasteiger partial charge in [0.25, 0.3) is 0 Å². The van der Waals surface area contributed by atoms with E-state index >= 15 is 0 Å². The van der Waals surface area contributed by atoms with E-state index in [-0.39, 0.29) is 0 Å². The van der Waals surface area contributed by atoms with Crippen LogP contribution in [0.5, 0.6) is 0 Å². The monoisotopic (exact) mass is 326 g/mol. The van der Waals surface area contributed by atoms with Gasteiger partial charge < -0.3 is 10.2 Å². The molecule has 0 amide bonds. The van der Waals surface area contributed by atoms with Crippen LogP contribution in [0.3, 0.4) is 0 Å². The Morgan fingerprint density at radius 1 is 1.46 bits per heavy atom. The van der Waals surface area contributed by atoms with E-state index in [1.165, 1.54) is 0 Å². The van der Waals surface area contributed by atoms with Crippen LogP contribution in [0.4, 0.5) is 0 Å². The van der Waals surface area contributed by atoms with Gasteiger partial charge in [-0.3, -0.25) is 4.99 Å². The van der Waals surface area contributed by atoms with Crippen LogP contribution < -0.4 is 5.32 Å². The van der Waals surface area contributed by atoms with Crippen molar-refractivity contribution in [2.75, 3.05) is 26.2 Å². The molecule has 0 aliphatic carbocycles. The number of nitrogens with zero attached hydrogens (tertiary/aromatic N) is 3. The molecule has 0 saturated carbocycles. The minimum absolute atomic E-state index is 0.472. The van der Waals surface area contributed by atoms with E-state index < -0.39 is 0 Å². The maximum absolute atomic E-state index is 9.21. The van der Waals surface area contributed by atoms with E-state index in [9.17, 15) is 5.26 Å². The number of aliphatic imine (C=N–C) groups is 1. The van der Waals surface area contributed by atoms with Crippen molar-refractivity contribution in [2.24, 2.45) is 4.99 Å². The number of nitrogens with one attached hydrogen (secondary N) is 1. The van der Waals surface area contributed by atoms with Crippen molar-refractivity contribution in [2.45, 2.75) is 40.2 Å². The standard InChI is InChI=1S/C20H30N4/c1-6-10-20(24-12-11-17(15-24)22-8-3)19(7-2)16(5)13-18(14-21)23-9-4/h6-7,10,13,17,22H,1,8-9,11-12,15H2,2-5H3. The van der Waals surface area contributed by atoms with Crippen LogP contribution in [-0.4, -0.2) is 42.8 Å². The first-order valence-corrected chi connectivity index (χ1v) is 8.72. The van der Waals surface area contributed by atoms with Gasteiger partial charge in [0.05, 0.1) is 0 Å². The Morgan fingerprint density at radius 2 is 2.21 bits per heavy atom. The lowest BCUT2D eigenvalue weighted by molar-refractivity contribution is 0.415. The van der Waals surface area contributed by atoms with E-state index in [1.54, 1.807) is 0 Å². The average Bonchev–Trinajstić information content (AvgIpc) is 3.03. The highest BCUT2D eigenvalue weighted by Crippen LogP contribution is 2.26. The lowest BCUT2D eigenvalue weighted by atomic mass is 10.0. The molecule has 24 heavy (non-hydrogen) atoms. The molecule has 0 aromatic carbocycles. The first-order valence-electron chi connectivity index (χ1n) is 8.72. The van der Waals surface area contributed by atoms with E-state index in [1.807, 2.05) is 32.9 Å². The molecule has 1 saturated heterocycles. The minimum Gasteiger partial charge on any atom is -0.369 e. The summed E-state index contributed by atoms with van der Waals surface area (Å²) >= 11 is 0. The summed E-state index contributed by atoms with van der Waals surface area (Å²) in [5.74, 6) is 0. The van der Waals surface area contributed by atoms with Gasteiger partial charge in [0.1, 0.15) is 11.8 Å². The van der Waals surface area contributed by atoms with Gasteiger partial charge in [0.2, 0.25) is 0 Å². The van der Waals surface area contributed by atoms with Crippen LogP contribution in [0.15, 0.2) is 52.7 Å². The first-order chi connectivity index (χ1) is 11.6. The quantitative estimate of drug-likeness (QED) is 0.547. The molecule has 0 spiro atoms. The van der Waals surface area contributed by atoms with Gasteiger partial charge in [-0.25, -0.2) is 0 Å². The molecule has 1 atom stereocenters. The molecule has 4 heteroatoms. The molecule has 1 aliphatic rings. The van der Waals surface area contributed by atoms with Crippen LogP contribution in [0.2, 0.25) is 0 Å². The molecular weight excluding hydrogens is 296 g/mol. The molecule has 0 aromatic rings. The Balaban J connectivity index is 3.08. The zero-order valence-electron chi connectivity index (χ0n) is 15.5. The van der Waals surface area contributed by atoms with E-state index in [0.717, 1.165) is 42.9 Å². The Bertz CT molecular complexity index is 587. The summed E-state index contributed by atoms with van der Waals surface area (Å²) in [5.41, 5.74) is 3.81. The van der Waals surface area contributed by atoms with Crippen LogP contribution in [0.25, 0.3) is 0 Å². The molecule has 1 N–H and O–H groups in total. The van der Waals surface area contributed by atoms with Crippen LogP contribution in [-0.2, 0) is 0 Å². The Kier molecular flexibility index (Phi) is 8.81. The predicted octanol–water partition coefficient (Wildman–Crippen LogP) is 3.62.